The molecule has 1 heterocycles. The summed E-state index contributed by atoms with van der Waals surface area (Å²) in [5.74, 6) is 0. The van der Waals surface area contributed by atoms with Crippen LogP contribution in [0.15, 0.2) is 0 Å². The van der Waals surface area contributed by atoms with Crippen molar-refractivity contribution >= 4 is 22.6 Å². The first-order chi connectivity index (χ1) is 6.19. The maximum Gasteiger partial charge on any atom is 0.0863 e. The summed E-state index contributed by atoms with van der Waals surface area (Å²) in [6.45, 7) is 6.64. The molecule has 13 heavy (non-hydrogen) atoms. The lowest BCUT2D eigenvalue weighted by atomic mass is 10.2. The molecule has 1 rings (SSSR count). The fraction of sp³-hybridized carbons (Fsp3) is 1.00. The van der Waals surface area contributed by atoms with Gasteiger partial charge in [0.2, 0.25) is 0 Å². The molecule has 0 aromatic rings. The first-order valence-electron chi connectivity index (χ1n) is 4.75. The maximum atomic E-state index is 5.45. The van der Waals surface area contributed by atoms with Crippen molar-refractivity contribution in [1.82, 2.24) is 10.2 Å². The van der Waals surface area contributed by atoms with E-state index in [9.17, 15) is 0 Å². The van der Waals surface area contributed by atoms with Crippen LogP contribution in [-0.2, 0) is 4.74 Å². The molecule has 2 atom stereocenters. The molecule has 0 spiro atoms. The van der Waals surface area contributed by atoms with Crippen molar-refractivity contribution in [2.45, 2.75) is 32.0 Å². The fourth-order valence-corrected chi connectivity index (χ4v) is 2.32. The van der Waals surface area contributed by atoms with Gasteiger partial charge in [-0.2, -0.15) is 0 Å². The number of methoxy groups -OCH3 is 1. The second kappa shape index (κ2) is 5.48. The van der Waals surface area contributed by atoms with E-state index in [2.05, 4.69) is 46.7 Å². The van der Waals surface area contributed by atoms with Gasteiger partial charge < -0.3 is 10.1 Å². The highest BCUT2D eigenvalue weighted by molar-refractivity contribution is 14.1. The van der Waals surface area contributed by atoms with Crippen LogP contribution in [0.4, 0.5) is 0 Å². The van der Waals surface area contributed by atoms with Gasteiger partial charge in [0.25, 0.3) is 0 Å². The van der Waals surface area contributed by atoms with Crippen LogP contribution >= 0.6 is 22.6 Å². The van der Waals surface area contributed by atoms with E-state index in [0.717, 1.165) is 17.6 Å². The van der Waals surface area contributed by atoms with Crippen molar-refractivity contribution in [2.24, 2.45) is 0 Å². The molecule has 0 aromatic heterocycles. The van der Waals surface area contributed by atoms with Gasteiger partial charge in [0, 0.05) is 36.8 Å². The Hall–Kier alpha value is 0.610. The van der Waals surface area contributed by atoms with Gasteiger partial charge in [0.1, 0.15) is 0 Å². The Bertz CT molecular complexity index is 155. The van der Waals surface area contributed by atoms with Crippen LogP contribution in [0.2, 0.25) is 0 Å². The predicted octanol–water partition coefficient (Wildman–Crippen LogP) is 1.08. The van der Waals surface area contributed by atoms with Crippen molar-refractivity contribution in [3.8, 4) is 0 Å². The SMILES string of the molecule is CO[C@H]1CN(C(C)C)C[C@@H]1NCI. The Kier molecular flexibility index (Phi) is 4.93. The average molecular weight is 298 g/mol. The van der Waals surface area contributed by atoms with E-state index < -0.39 is 0 Å². The highest BCUT2D eigenvalue weighted by Gasteiger charge is 2.33. The average Bonchev–Trinajstić information content (AvgIpc) is 2.48. The second-order valence-electron chi connectivity index (χ2n) is 3.77. The van der Waals surface area contributed by atoms with E-state index in [1.165, 1.54) is 0 Å². The van der Waals surface area contributed by atoms with E-state index in [1.807, 2.05) is 0 Å². The third kappa shape index (κ3) is 3.04. The number of alkyl halides is 1. The summed E-state index contributed by atoms with van der Waals surface area (Å²) in [6.07, 6.45) is 0.358. The predicted molar refractivity (Wildman–Crippen MR) is 63.3 cm³/mol. The van der Waals surface area contributed by atoms with Crippen LogP contribution < -0.4 is 5.32 Å². The van der Waals surface area contributed by atoms with E-state index in [4.69, 9.17) is 4.74 Å². The van der Waals surface area contributed by atoms with Crippen molar-refractivity contribution in [3.05, 3.63) is 0 Å². The minimum absolute atomic E-state index is 0.358. The van der Waals surface area contributed by atoms with E-state index in [-0.39, 0.29) is 0 Å². The smallest absolute Gasteiger partial charge is 0.0863 e. The first kappa shape index (κ1) is 11.7. The van der Waals surface area contributed by atoms with E-state index in [1.54, 1.807) is 7.11 Å². The molecule has 0 aromatic carbocycles. The minimum atomic E-state index is 0.358. The lowest BCUT2D eigenvalue weighted by Crippen LogP contribution is -2.39. The first-order valence-corrected chi connectivity index (χ1v) is 6.27. The molecular formula is C9H19IN2O. The molecule has 0 amide bonds. The molecule has 78 valence electrons. The van der Waals surface area contributed by atoms with Gasteiger partial charge in [0.15, 0.2) is 0 Å². The van der Waals surface area contributed by atoms with Crippen molar-refractivity contribution in [3.63, 3.8) is 0 Å². The number of rotatable bonds is 4. The van der Waals surface area contributed by atoms with Crippen molar-refractivity contribution in [1.29, 1.82) is 0 Å². The molecule has 0 unspecified atom stereocenters. The Morgan fingerprint density at radius 2 is 2.23 bits per heavy atom. The summed E-state index contributed by atoms with van der Waals surface area (Å²) < 4.78 is 6.44. The zero-order valence-electron chi connectivity index (χ0n) is 8.59. The molecule has 0 saturated carbocycles. The van der Waals surface area contributed by atoms with Crippen LogP contribution in [0.25, 0.3) is 0 Å². The van der Waals surface area contributed by atoms with Crippen LogP contribution in [0.3, 0.4) is 0 Å². The number of hydrogen-bond donors (Lipinski definition) is 1. The zero-order chi connectivity index (χ0) is 9.84. The molecule has 1 N–H and O–H groups in total. The molecule has 1 aliphatic rings. The van der Waals surface area contributed by atoms with Crippen molar-refractivity contribution in [2.75, 3.05) is 24.8 Å². The Morgan fingerprint density at radius 3 is 2.69 bits per heavy atom. The van der Waals surface area contributed by atoms with Gasteiger partial charge >= 0.3 is 0 Å². The van der Waals surface area contributed by atoms with Gasteiger partial charge in [-0.1, -0.05) is 22.6 Å². The monoisotopic (exact) mass is 298 g/mol. The molecule has 1 saturated heterocycles. The zero-order valence-corrected chi connectivity index (χ0v) is 10.7. The van der Waals surface area contributed by atoms with Crippen LogP contribution in [0.1, 0.15) is 13.8 Å². The Morgan fingerprint density at radius 1 is 1.54 bits per heavy atom. The maximum absolute atomic E-state index is 5.45. The lowest BCUT2D eigenvalue weighted by molar-refractivity contribution is 0.0890. The molecule has 0 bridgehead atoms. The Labute approximate surface area is 94.3 Å². The summed E-state index contributed by atoms with van der Waals surface area (Å²) in [5, 5.41) is 3.45. The number of halogens is 1. The minimum Gasteiger partial charge on any atom is -0.378 e. The number of nitrogens with zero attached hydrogens (tertiary/aromatic N) is 1. The summed E-state index contributed by atoms with van der Waals surface area (Å²) in [4.78, 5) is 2.46. The topological polar surface area (TPSA) is 24.5 Å². The third-order valence-corrected chi connectivity index (χ3v) is 3.11. The van der Waals surface area contributed by atoms with Crippen LogP contribution in [0.5, 0.6) is 0 Å². The van der Waals surface area contributed by atoms with Gasteiger partial charge in [-0.25, -0.2) is 0 Å². The van der Waals surface area contributed by atoms with Gasteiger partial charge in [-0.05, 0) is 13.8 Å². The van der Waals surface area contributed by atoms with Crippen LogP contribution in [-0.4, -0.2) is 47.8 Å². The number of hydrogen-bond acceptors (Lipinski definition) is 3. The summed E-state index contributed by atoms with van der Waals surface area (Å²) in [7, 11) is 1.80. The standard InChI is InChI=1S/C9H19IN2O/c1-7(2)12-4-8(11-6-10)9(5-12)13-3/h7-9,11H,4-6H2,1-3H3/t8-,9-/m0/s1. The largest absolute Gasteiger partial charge is 0.378 e. The molecule has 1 fully saturated rings. The highest BCUT2D eigenvalue weighted by atomic mass is 127. The fourth-order valence-electron chi connectivity index (χ4n) is 1.76. The highest BCUT2D eigenvalue weighted by Crippen LogP contribution is 2.15. The molecular weight excluding hydrogens is 279 g/mol. The quantitative estimate of drug-likeness (QED) is 0.477. The van der Waals surface area contributed by atoms with Gasteiger partial charge in [-0.3, -0.25) is 4.90 Å². The summed E-state index contributed by atoms with van der Waals surface area (Å²) in [5.41, 5.74) is 0. The Balaban J connectivity index is 2.45. The molecule has 0 radical (unpaired) electrons. The lowest BCUT2D eigenvalue weighted by Gasteiger charge is -2.19. The summed E-state index contributed by atoms with van der Waals surface area (Å²) >= 11 is 2.34. The second-order valence-corrected chi connectivity index (χ2v) is 4.53. The van der Waals surface area contributed by atoms with E-state index in [0.29, 0.717) is 18.2 Å². The summed E-state index contributed by atoms with van der Waals surface area (Å²) in [6, 6.07) is 1.13. The van der Waals surface area contributed by atoms with Gasteiger partial charge in [-0.15, -0.1) is 0 Å². The number of likely N-dealkylation sites (tertiary alicyclic amines) is 1. The molecule has 0 aliphatic carbocycles. The van der Waals surface area contributed by atoms with Crippen molar-refractivity contribution < 1.29 is 4.74 Å². The molecule has 1 aliphatic heterocycles. The number of ether oxygens (including phenoxy) is 1. The number of nitrogens with one attached hydrogen (secondary N) is 1. The third-order valence-electron chi connectivity index (χ3n) is 2.67. The molecule has 4 heteroatoms. The normalized spacial score (nSPS) is 30.2. The van der Waals surface area contributed by atoms with E-state index >= 15 is 0 Å². The van der Waals surface area contributed by atoms with Crippen LogP contribution in [0, 0.1) is 0 Å². The molecule has 3 nitrogen and oxygen atoms in total. The van der Waals surface area contributed by atoms with Gasteiger partial charge in [0.05, 0.1) is 6.10 Å².